The van der Waals surface area contributed by atoms with Gasteiger partial charge < -0.3 is 10.1 Å². The van der Waals surface area contributed by atoms with Crippen LogP contribution in [0.4, 0.5) is 0 Å². The molecule has 1 aliphatic rings. The van der Waals surface area contributed by atoms with Gasteiger partial charge >= 0.3 is 0 Å². The second-order valence-electron chi connectivity index (χ2n) is 4.08. The molecular formula is C12H12BrClN2O2. The number of hydrogen-bond donors (Lipinski definition) is 1. The number of likely N-dealkylation sites (tertiary alicyclic amines) is 1. The van der Waals surface area contributed by atoms with Crippen LogP contribution in [0, 0.1) is 0 Å². The van der Waals surface area contributed by atoms with Crippen LogP contribution in [0.3, 0.4) is 0 Å². The minimum Gasteiger partial charge on any atom is -0.411 e. The van der Waals surface area contributed by atoms with Gasteiger partial charge in [-0.1, -0.05) is 32.7 Å². The van der Waals surface area contributed by atoms with E-state index in [-0.39, 0.29) is 5.91 Å². The standard InChI is InChI=1S/C12H12BrClN2O2/c13-8-1-2-11(14)10(7-8)12(17)16-5-3-9(15-18)4-6-16/h1-2,7,18H,3-6H2. The Morgan fingerprint density at radius 3 is 2.67 bits per heavy atom. The minimum atomic E-state index is -0.0849. The molecule has 0 atom stereocenters. The molecule has 0 radical (unpaired) electrons. The number of hydrogen-bond acceptors (Lipinski definition) is 3. The third kappa shape index (κ3) is 2.84. The molecule has 1 N–H and O–H groups in total. The Morgan fingerprint density at radius 1 is 1.39 bits per heavy atom. The summed E-state index contributed by atoms with van der Waals surface area (Å²) in [7, 11) is 0. The molecule has 1 saturated heterocycles. The van der Waals surface area contributed by atoms with Gasteiger partial charge in [0.25, 0.3) is 5.91 Å². The summed E-state index contributed by atoms with van der Waals surface area (Å²) in [5.74, 6) is -0.0849. The van der Waals surface area contributed by atoms with Crippen LogP contribution < -0.4 is 0 Å². The number of benzene rings is 1. The molecule has 0 spiro atoms. The summed E-state index contributed by atoms with van der Waals surface area (Å²) < 4.78 is 0.824. The molecule has 18 heavy (non-hydrogen) atoms. The summed E-state index contributed by atoms with van der Waals surface area (Å²) in [6.07, 6.45) is 1.21. The summed E-state index contributed by atoms with van der Waals surface area (Å²) in [5, 5.41) is 12.3. The molecule has 1 aromatic rings. The molecule has 0 bridgehead atoms. The molecular weight excluding hydrogens is 320 g/mol. The first kappa shape index (κ1) is 13.4. The number of rotatable bonds is 1. The van der Waals surface area contributed by atoms with Crippen LogP contribution >= 0.6 is 27.5 Å². The van der Waals surface area contributed by atoms with Crippen LogP contribution in [0.1, 0.15) is 23.2 Å². The first-order chi connectivity index (χ1) is 8.61. The number of carbonyl (C=O) groups excluding carboxylic acids is 1. The van der Waals surface area contributed by atoms with E-state index in [0.29, 0.717) is 36.5 Å². The zero-order valence-corrected chi connectivity index (χ0v) is 11.9. The molecule has 4 nitrogen and oxygen atoms in total. The molecule has 2 rings (SSSR count). The SMILES string of the molecule is O=C(c1cc(Br)ccc1Cl)N1CCC(=NO)CC1. The monoisotopic (exact) mass is 330 g/mol. The lowest BCUT2D eigenvalue weighted by atomic mass is 10.1. The van der Waals surface area contributed by atoms with E-state index in [1.54, 1.807) is 23.1 Å². The zero-order valence-electron chi connectivity index (χ0n) is 9.57. The predicted molar refractivity (Wildman–Crippen MR) is 73.5 cm³/mol. The van der Waals surface area contributed by atoms with Gasteiger partial charge in [-0.2, -0.15) is 0 Å². The molecule has 0 aliphatic carbocycles. The highest BCUT2D eigenvalue weighted by Gasteiger charge is 2.22. The van der Waals surface area contributed by atoms with E-state index < -0.39 is 0 Å². The van der Waals surface area contributed by atoms with Crippen LogP contribution in [-0.2, 0) is 0 Å². The summed E-state index contributed by atoms with van der Waals surface area (Å²) in [6, 6.07) is 5.22. The lowest BCUT2D eigenvalue weighted by molar-refractivity contribution is 0.0754. The highest BCUT2D eigenvalue weighted by Crippen LogP contribution is 2.23. The Bertz CT molecular complexity index is 495. The molecule has 1 fully saturated rings. The molecule has 6 heteroatoms. The highest BCUT2D eigenvalue weighted by molar-refractivity contribution is 9.10. The van der Waals surface area contributed by atoms with E-state index in [1.165, 1.54) is 0 Å². The molecule has 1 aromatic carbocycles. The lowest BCUT2D eigenvalue weighted by Crippen LogP contribution is -2.38. The normalized spacial score (nSPS) is 15.7. The fraction of sp³-hybridized carbons (Fsp3) is 0.333. The van der Waals surface area contributed by atoms with Gasteiger partial charge in [0.15, 0.2) is 0 Å². The van der Waals surface area contributed by atoms with Crippen molar-refractivity contribution in [3.63, 3.8) is 0 Å². The maximum Gasteiger partial charge on any atom is 0.255 e. The van der Waals surface area contributed by atoms with Crippen LogP contribution in [0.15, 0.2) is 27.8 Å². The van der Waals surface area contributed by atoms with Gasteiger partial charge in [-0.05, 0) is 18.2 Å². The molecule has 0 saturated carbocycles. The highest BCUT2D eigenvalue weighted by atomic mass is 79.9. The van der Waals surface area contributed by atoms with Crippen molar-refractivity contribution in [3.8, 4) is 0 Å². The average Bonchev–Trinajstić information content (AvgIpc) is 2.41. The fourth-order valence-electron chi connectivity index (χ4n) is 1.90. The molecule has 1 heterocycles. The third-order valence-electron chi connectivity index (χ3n) is 2.93. The van der Waals surface area contributed by atoms with Crippen molar-refractivity contribution in [3.05, 3.63) is 33.3 Å². The number of amides is 1. The van der Waals surface area contributed by atoms with Crippen LogP contribution in [0.5, 0.6) is 0 Å². The van der Waals surface area contributed by atoms with E-state index in [0.717, 1.165) is 10.2 Å². The largest absolute Gasteiger partial charge is 0.411 e. The Hall–Kier alpha value is -1.07. The molecule has 0 unspecified atom stereocenters. The van der Waals surface area contributed by atoms with Crippen molar-refractivity contribution in [2.24, 2.45) is 5.16 Å². The second-order valence-corrected chi connectivity index (χ2v) is 5.41. The first-order valence-corrected chi connectivity index (χ1v) is 6.73. The number of piperidine rings is 1. The van der Waals surface area contributed by atoms with Crippen molar-refractivity contribution < 1.29 is 10.0 Å². The van der Waals surface area contributed by atoms with E-state index in [1.807, 2.05) is 0 Å². The van der Waals surface area contributed by atoms with E-state index in [9.17, 15) is 4.79 Å². The van der Waals surface area contributed by atoms with Gasteiger partial charge in [-0.25, -0.2) is 0 Å². The second kappa shape index (κ2) is 5.71. The van der Waals surface area contributed by atoms with Gasteiger partial charge in [0, 0.05) is 30.4 Å². The van der Waals surface area contributed by atoms with Crippen molar-refractivity contribution in [1.29, 1.82) is 0 Å². The van der Waals surface area contributed by atoms with E-state index in [4.69, 9.17) is 16.8 Å². The van der Waals surface area contributed by atoms with Gasteiger partial charge in [0.05, 0.1) is 16.3 Å². The minimum absolute atomic E-state index is 0.0849. The van der Waals surface area contributed by atoms with E-state index >= 15 is 0 Å². The van der Waals surface area contributed by atoms with Crippen molar-refractivity contribution >= 4 is 39.1 Å². The molecule has 0 aromatic heterocycles. The maximum atomic E-state index is 12.3. The van der Waals surface area contributed by atoms with Crippen LogP contribution in [0.25, 0.3) is 0 Å². The summed E-state index contributed by atoms with van der Waals surface area (Å²) in [5.41, 5.74) is 1.23. The number of oxime groups is 1. The number of halogens is 2. The maximum absolute atomic E-state index is 12.3. The van der Waals surface area contributed by atoms with Crippen molar-refractivity contribution in [1.82, 2.24) is 4.90 Å². The van der Waals surface area contributed by atoms with Gasteiger partial charge in [-0.15, -0.1) is 0 Å². The summed E-state index contributed by atoms with van der Waals surface area (Å²) >= 11 is 9.36. The van der Waals surface area contributed by atoms with Crippen molar-refractivity contribution in [2.45, 2.75) is 12.8 Å². The topological polar surface area (TPSA) is 52.9 Å². The number of carbonyl (C=O) groups is 1. The zero-order chi connectivity index (χ0) is 13.1. The van der Waals surface area contributed by atoms with Gasteiger partial charge in [0.2, 0.25) is 0 Å². The average molecular weight is 332 g/mol. The van der Waals surface area contributed by atoms with Gasteiger partial charge in [-0.3, -0.25) is 4.79 Å². The Labute approximate surface area is 118 Å². The Kier molecular flexibility index (Phi) is 4.24. The Morgan fingerprint density at radius 2 is 2.06 bits per heavy atom. The lowest BCUT2D eigenvalue weighted by Gasteiger charge is -2.27. The quantitative estimate of drug-likeness (QED) is 0.635. The van der Waals surface area contributed by atoms with Crippen molar-refractivity contribution in [2.75, 3.05) is 13.1 Å². The molecule has 96 valence electrons. The Balaban J connectivity index is 2.15. The molecule has 1 amide bonds. The van der Waals surface area contributed by atoms with Gasteiger partial charge in [0.1, 0.15) is 0 Å². The smallest absolute Gasteiger partial charge is 0.255 e. The first-order valence-electron chi connectivity index (χ1n) is 5.56. The molecule has 1 aliphatic heterocycles. The number of nitrogens with zero attached hydrogens (tertiary/aromatic N) is 2. The van der Waals surface area contributed by atoms with Crippen LogP contribution in [-0.4, -0.2) is 34.8 Å². The third-order valence-corrected chi connectivity index (χ3v) is 3.75. The predicted octanol–water partition coefficient (Wildman–Crippen LogP) is 3.17. The summed E-state index contributed by atoms with van der Waals surface area (Å²) in [4.78, 5) is 14.0. The summed E-state index contributed by atoms with van der Waals surface area (Å²) in [6.45, 7) is 1.11. The van der Waals surface area contributed by atoms with E-state index in [2.05, 4.69) is 21.1 Å². The fourth-order valence-corrected chi connectivity index (χ4v) is 2.46. The van der Waals surface area contributed by atoms with Crippen LogP contribution in [0.2, 0.25) is 5.02 Å².